The van der Waals surface area contributed by atoms with Gasteiger partial charge in [-0.05, 0) is 6.07 Å². The standard InChI is InChI=1S/C11H13NO5/c1-3-8(13)7-17-11-6-9(16-2)4-5-10(11)12(14)15/h4-6H,3,7H2,1-2H3. The molecule has 0 amide bonds. The van der Waals surface area contributed by atoms with E-state index in [2.05, 4.69) is 0 Å². The van der Waals surface area contributed by atoms with Crippen molar-refractivity contribution in [3.8, 4) is 11.5 Å². The molecule has 1 rings (SSSR count). The van der Waals surface area contributed by atoms with Gasteiger partial charge in [-0.15, -0.1) is 0 Å². The highest BCUT2D eigenvalue weighted by Gasteiger charge is 2.16. The Morgan fingerprint density at radius 2 is 2.18 bits per heavy atom. The number of carbonyl (C=O) groups excluding carboxylic acids is 1. The van der Waals surface area contributed by atoms with Crippen LogP contribution in [-0.4, -0.2) is 24.4 Å². The number of methoxy groups -OCH3 is 1. The van der Waals surface area contributed by atoms with E-state index in [1.807, 2.05) is 0 Å². The van der Waals surface area contributed by atoms with Crippen LogP contribution < -0.4 is 9.47 Å². The Morgan fingerprint density at radius 1 is 1.47 bits per heavy atom. The van der Waals surface area contributed by atoms with Crippen molar-refractivity contribution in [3.63, 3.8) is 0 Å². The minimum Gasteiger partial charge on any atom is -0.497 e. The molecule has 0 unspecified atom stereocenters. The second-order valence-electron chi connectivity index (χ2n) is 3.27. The minimum atomic E-state index is -0.564. The molecule has 0 atom stereocenters. The van der Waals surface area contributed by atoms with Crippen molar-refractivity contribution in [2.75, 3.05) is 13.7 Å². The van der Waals surface area contributed by atoms with Gasteiger partial charge < -0.3 is 9.47 Å². The maximum absolute atomic E-state index is 11.1. The van der Waals surface area contributed by atoms with Gasteiger partial charge in [0.2, 0.25) is 5.75 Å². The molecular weight excluding hydrogens is 226 g/mol. The molecule has 0 aliphatic heterocycles. The Balaban J connectivity index is 2.93. The zero-order chi connectivity index (χ0) is 12.8. The fourth-order valence-corrected chi connectivity index (χ4v) is 1.15. The predicted molar refractivity (Wildman–Crippen MR) is 60.4 cm³/mol. The largest absolute Gasteiger partial charge is 0.497 e. The van der Waals surface area contributed by atoms with Gasteiger partial charge in [-0.3, -0.25) is 14.9 Å². The van der Waals surface area contributed by atoms with Crippen LogP contribution in [0.3, 0.4) is 0 Å². The van der Waals surface area contributed by atoms with E-state index in [1.54, 1.807) is 6.92 Å². The third-order valence-electron chi connectivity index (χ3n) is 2.15. The molecule has 0 aliphatic carbocycles. The van der Waals surface area contributed by atoms with E-state index in [-0.39, 0.29) is 23.8 Å². The Hall–Kier alpha value is -2.11. The van der Waals surface area contributed by atoms with E-state index in [4.69, 9.17) is 9.47 Å². The summed E-state index contributed by atoms with van der Waals surface area (Å²) in [6.45, 7) is 1.52. The number of hydrogen-bond acceptors (Lipinski definition) is 5. The zero-order valence-corrected chi connectivity index (χ0v) is 9.63. The smallest absolute Gasteiger partial charge is 0.311 e. The molecule has 92 valence electrons. The summed E-state index contributed by atoms with van der Waals surface area (Å²) in [6.07, 6.45) is 0.331. The summed E-state index contributed by atoms with van der Waals surface area (Å²) in [5.41, 5.74) is -0.185. The molecule has 0 aliphatic rings. The molecule has 6 nitrogen and oxygen atoms in total. The first kappa shape index (κ1) is 13.0. The van der Waals surface area contributed by atoms with Gasteiger partial charge in [0.1, 0.15) is 12.4 Å². The van der Waals surface area contributed by atoms with E-state index in [0.717, 1.165) is 0 Å². The van der Waals surface area contributed by atoms with Crippen molar-refractivity contribution in [2.24, 2.45) is 0 Å². The molecular formula is C11H13NO5. The second-order valence-corrected chi connectivity index (χ2v) is 3.27. The number of nitro groups is 1. The molecule has 0 N–H and O–H groups in total. The van der Waals surface area contributed by atoms with Crippen molar-refractivity contribution in [1.29, 1.82) is 0 Å². The molecule has 1 aromatic carbocycles. The van der Waals surface area contributed by atoms with Gasteiger partial charge in [-0.2, -0.15) is 0 Å². The van der Waals surface area contributed by atoms with E-state index in [9.17, 15) is 14.9 Å². The molecule has 0 bridgehead atoms. The maximum Gasteiger partial charge on any atom is 0.311 e. The quantitative estimate of drug-likeness (QED) is 0.560. The van der Waals surface area contributed by atoms with Crippen LogP contribution in [0.15, 0.2) is 18.2 Å². The lowest BCUT2D eigenvalue weighted by molar-refractivity contribution is -0.385. The van der Waals surface area contributed by atoms with Crippen molar-refractivity contribution in [2.45, 2.75) is 13.3 Å². The highest BCUT2D eigenvalue weighted by Crippen LogP contribution is 2.30. The zero-order valence-electron chi connectivity index (χ0n) is 9.63. The molecule has 0 aromatic heterocycles. The number of carbonyl (C=O) groups is 1. The highest BCUT2D eigenvalue weighted by molar-refractivity contribution is 5.79. The first-order valence-corrected chi connectivity index (χ1v) is 5.05. The fourth-order valence-electron chi connectivity index (χ4n) is 1.15. The number of nitro benzene ring substituents is 1. The van der Waals surface area contributed by atoms with Crippen LogP contribution in [0.1, 0.15) is 13.3 Å². The molecule has 0 saturated heterocycles. The Bertz CT molecular complexity index is 430. The lowest BCUT2D eigenvalue weighted by Gasteiger charge is -2.07. The first-order valence-electron chi connectivity index (χ1n) is 5.05. The number of hydrogen-bond donors (Lipinski definition) is 0. The lowest BCUT2D eigenvalue weighted by Crippen LogP contribution is -2.10. The Kier molecular flexibility index (Phi) is 4.45. The van der Waals surface area contributed by atoms with Crippen LogP contribution in [0.5, 0.6) is 11.5 Å². The van der Waals surface area contributed by atoms with Crippen LogP contribution >= 0.6 is 0 Å². The van der Waals surface area contributed by atoms with E-state index >= 15 is 0 Å². The summed E-state index contributed by atoms with van der Waals surface area (Å²) in [7, 11) is 1.45. The molecule has 0 saturated carbocycles. The van der Waals surface area contributed by atoms with Crippen molar-refractivity contribution in [3.05, 3.63) is 28.3 Å². The molecule has 0 fully saturated rings. The van der Waals surface area contributed by atoms with Gasteiger partial charge >= 0.3 is 5.69 Å². The second kappa shape index (κ2) is 5.83. The fraction of sp³-hybridized carbons (Fsp3) is 0.364. The van der Waals surface area contributed by atoms with Gasteiger partial charge in [0.25, 0.3) is 0 Å². The van der Waals surface area contributed by atoms with Gasteiger partial charge in [-0.1, -0.05) is 6.92 Å². The van der Waals surface area contributed by atoms with Crippen molar-refractivity contribution < 1.29 is 19.2 Å². The highest BCUT2D eigenvalue weighted by atomic mass is 16.6. The molecule has 0 spiro atoms. The van der Waals surface area contributed by atoms with Crippen molar-refractivity contribution >= 4 is 11.5 Å². The molecule has 0 radical (unpaired) electrons. The summed E-state index contributed by atoms with van der Waals surface area (Å²) < 4.78 is 10.1. The Labute approximate surface area is 98.3 Å². The number of rotatable bonds is 6. The average molecular weight is 239 g/mol. The lowest BCUT2D eigenvalue weighted by atomic mass is 10.2. The number of ether oxygens (including phenoxy) is 2. The number of nitrogens with zero attached hydrogens (tertiary/aromatic N) is 1. The minimum absolute atomic E-state index is 0.0381. The third kappa shape index (κ3) is 3.44. The van der Waals surface area contributed by atoms with E-state index < -0.39 is 4.92 Å². The SMILES string of the molecule is CCC(=O)COc1cc(OC)ccc1[N+](=O)[O-]. The monoisotopic (exact) mass is 239 g/mol. The third-order valence-corrected chi connectivity index (χ3v) is 2.15. The average Bonchev–Trinajstić information content (AvgIpc) is 2.35. The molecule has 0 heterocycles. The summed E-state index contributed by atoms with van der Waals surface area (Å²) in [4.78, 5) is 21.3. The molecule has 17 heavy (non-hydrogen) atoms. The summed E-state index contributed by atoms with van der Waals surface area (Å²) in [5.74, 6) is 0.354. The van der Waals surface area contributed by atoms with Crippen LogP contribution in [0.4, 0.5) is 5.69 Å². The van der Waals surface area contributed by atoms with Gasteiger partial charge in [-0.25, -0.2) is 0 Å². The van der Waals surface area contributed by atoms with E-state index in [0.29, 0.717) is 12.2 Å². The molecule has 1 aromatic rings. The van der Waals surface area contributed by atoms with E-state index in [1.165, 1.54) is 25.3 Å². The summed E-state index contributed by atoms with van der Waals surface area (Å²) in [6, 6.07) is 4.14. The van der Waals surface area contributed by atoms with Gasteiger partial charge in [0.05, 0.1) is 12.0 Å². The number of benzene rings is 1. The summed E-state index contributed by atoms with van der Waals surface area (Å²) >= 11 is 0. The topological polar surface area (TPSA) is 78.7 Å². The van der Waals surface area contributed by atoms with Crippen LogP contribution in [-0.2, 0) is 4.79 Å². The van der Waals surface area contributed by atoms with Crippen molar-refractivity contribution in [1.82, 2.24) is 0 Å². The van der Waals surface area contributed by atoms with Crippen LogP contribution in [0.25, 0.3) is 0 Å². The normalized spacial score (nSPS) is 9.76. The predicted octanol–water partition coefficient (Wildman–Crippen LogP) is 1.96. The van der Waals surface area contributed by atoms with Gasteiger partial charge in [0.15, 0.2) is 5.78 Å². The Morgan fingerprint density at radius 3 is 2.71 bits per heavy atom. The first-order chi connectivity index (χ1) is 8.08. The number of ketones is 1. The number of Topliss-reactive ketones (excluding diaryl/α,β-unsaturated/α-hetero) is 1. The van der Waals surface area contributed by atoms with Crippen LogP contribution in [0.2, 0.25) is 0 Å². The van der Waals surface area contributed by atoms with Gasteiger partial charge in [0, 0.05) is 18.6 Å². The molecule has 6 heteroatoms. The summed E-state index contributed by atoms with van der Waals surface area (Å²) in [5, 5.41) is 10.7. The van der Waals surface area contributed by atoms with Crippen LogP contribution in [0, 0.1) is 10.1 Å². The maximum atomic E-state index is 11.1.